The van der Waals surface area contributed by atoms with Gasteiger partial charge >= 0.3 is 0 Å². The maximum atomic E-state index is 12.9. The van der Waals surface area contributed by atoms with Gasteiger partial charge in [-0.15, -0.1) is 0 Å². The first kappa shape index (κ1) is 18.0. The predicted octanol–water partition coefficient (Wildman–Crippen LogP) is 0.545. The van der Waals surface area contributed by atoms with Crippen LogP contribution >= 0.6 is 0 Å². The highest BCUT2D eigenvalue weighted by molar-refractivity contribution is 5.93. The number of hydrogen-bond acceptors (Lipinski definition) is 4. The van der Waals surface area contributed by atoms with E-state index in [1.807, 2.05) is 32.1 Å². The van der Waals surface area contributed by atoms with Gasteiger partial charge in [0.2, 0.25) is 17.4 Å². The summed E-state index contributed by atoms with van der Waals surface area (Å²) in [6, 6.07) is 5.12. The predicted molar refractivity (Wildman–Crippen MR) is 98.9 cm³/mol. The van der Waals surface area contributed by atoms with Crippen molar-refractivity contribution < 1.29 is 14.3 Å². The molecule has 7 heteroatoms. The lowest BCUT2D eigenvalue weighted by Gasteiger charge is -2.24. The molecular formula is C20H25N3O4. The van der Waals surface area contributed by atoms with Gasteiger partial charge in [-0.3, -0.25) is 14.4 Å². The second-order valence-electron chi connectivity index (χ2n) is 7.84. The highest BCUT2D eigenvalue weighted by Crippen LogP contribution is 2.52. The second-order valence-corrected chi connectivity index (χ2v) is 7.84. The quantitative estimate of drug-likeness (QED) is 0.585. The highest BCUT2D eigenvalue weighted by atomic mass is 16.5. The number of likely N-dealkylation sites (tertiary alicyclic amines) is 1. The molecule has 0 saturated carbocycles. The number of fused-ring (bicyclic) bond motifs is 1. The molecule has 0 aliphatic carbocycles. The number of nitrogens with zero attached hydrogens (tertiary/aromatic N) is 2. The van der Waals surface area contributed by atoms with Crippen LogP contribution in [-0.2, 0) is 20.9 Å². The molecule has 144 valence electrons. The topological polar surface area (TPSA) is 80.6 Å². The van der Waals surface area contributed by atoms with Crippen LogP contribution in [0.1, 0.15) is 20.3 Å². The van der Waals surface area contributed by atoms with Crippen LogP contribution < -0.4 is 10.9 Å². The molecule has 7 nitrogen and oxygen atoms in total. The van der Waals surface area contributed by atoms with Crippen LogP contribution in [0.5, 0.6) is 0 Å². The number of aryl methyl sites for hydroxylation is 1. The lowest BCUT2D eigenvalue weighted by molar-refractivity contribution is -0.138. The summed E-state index contributed by atoms with van der Waals surface area (Å²) < 4.78 is 7.70. The Morgan fingerprint density at radius 3 is 2.93 bits per heavy atom. The van der Waals surface area contributed by atoms with Gasteiger partial charge in [0.25, 0.3) is 0 Å². The molecule has 3 aliphatic heterocycles. The molecule has 2 bridgehead atoms. The molecule has 2 fully saturated rings. The number of ether oxygens (including phenoxy) is 1. The van der Waals surface area contributed by atoms with E-state index in [1.165, 1.54) is 6.07 Å². The molecule has 1 spiro atoms. The Morgan fingerprint density at radius 2 is 2.19 bits per heavy atom. The van der Waals surface area contributed by atoms with E-state index < -0.39 is 17.4 Å². The smallest absolute Gasteiger partial charge is 0.250 e. The molecule has 1 N–H and O–H groups in total. The third-order valence-corrected chi connectivity index (χ3v) is 5.83. The SMILES string of the molecule is CC(C)N1CC23C=CC(O2)C(C(=O)NCCCn2ccccc2=O)C3C1=O. The van der Waals surface area contributed by atoms with E-state index in [9.17, 15) is 14.4 Å². The normalized spacial score (nSPS) is 31.0. The summed E-state index contributed by atoms with van der Waals surface area (Å²) in [6.45, 7) is 5.47. The first-order valence-electron chi connectivity index (χ1n) is 9.54. The molecule has 4 rings (SSSR count). The maximum Gasteiger partial charge on any atom is 0.250 e. The van der Waals surface area contributed by atoms with Gasteiger partial charge in [-0.05, 0) is 26.3 Å². The van der Waals surface area contributed by atoms with Crippen LogP contribution in [0.15, 0.2) is 41.3 Å². The average molecular weight is 371 g/mol. The molecule has 1 aromatic heterocycles. The zero-order chi connectivity index (χ0) is 19.2. The molecular weight excluding hydrogens is 346 g/mol. The van der Waals surface area contributed by atoms with E-state index >= 15 is 0 Å². The monoisotopic (exact) mass is 371 g/mol. The summed E-state index contributed by atoms with van der Waals surface area (Å²) in [5.41, 5.74) is -0.700. The van der Waals surface area contributed by atoms with Crippen molar-refractivity contribution in [1.82, 2.24) is 14.8 Å². The Kier molecular flexibility index (Phi) is 4.42. The molecule has 27 heavy (non-hydrogen) atoms. The highest BCUT2D eigenvalue weighted by Gasteiger charge is 2.66. The summed E-state index contributed by atoms with van der Waals surface area (Å²) in [7, 11) is 0. The minimum Gasteiger partial charge on any atom is -0.360 e. The molecule has 0 radical (unpaired) electrons. The number of carbonyl (C=O) groups excluding carboxylic acids is 2. The van der Waals surface area contributed by atoms with E-state index in [0.717, 1.165) is 0 Å². The van der Waals surface area contributed by atoms with Crippen LogP contribution in [0.2, 0.25) is 0 Å². The van der Waals surface area contributed by atoms with Gasteiger partial charge in [-0.25, -0.2) is 0 Å². The summed E-state index contributed by atoms with van der Waals surface area (Å²) >= 11 is 0. The van der Waals surface area contributed by atoms with E-state index in [-0.39, 0.29) is 29.5 Å². The van der Waals surface area contributed by atoms with Crippen molar-refractivity contribution in [2.24, 2.45) is 11.8 Å². The third-order valence-electron chi connectivity index (χ3n) is 5.83. The van der Waals surface area contributed by atoms with Gasteiger partial charge in [0.15, 0.2) is 0 Å². The lowest BCUT2D eigenvalue weighted by Crippen LogP contribution is -2.44. The standard InChI is InChI=1S/C20H25N3O4/c1-13(2)23-12-20-8-7-14(27-20)16(17(20)19(23)26)18(25)21-9-5-11-22-10-4-3-6-15(22)24/h3-4,6-8,10,13-14,16-17H,5,9,11-12H2,1-2H3,(H,21,25). The molecule has 4 atom stereocenters. The Labute approximate surface area is 158 Å². The van der Waals surface area contributed by atoms with Crippen LogP contribution in [-0.4, -0.2) is 52.1 Å². The molecule has 4 unspecified atom stereocenters. The van der Waals surface area contributed by atoms with Gasteiger partial charge in [0.1, 0.15) is 5.60 Å². The van der Waals surface area contributed by atoms with Crippen LogP contribution in [0.4, 0.5) is 0 Å². The first-order chi connectivity index (χ1) is 12.9. The molecule has 3 aliphatic rings. The van der Waals surface area contributed by atoms with E-state index in [4.69, 9.17) is 4.74 Å². The van der Waals surface area contributed by atoms with Gasteiger partial charge in [-0.1, -0.05) is 18.2 Å². The van der Waals surface area contributed by atoms with Crippen molar-refractivity contribution in [2.75, 3.05) is 13.1 Å². The fourth-order valence-corrected chi connectivity index (χ4v) is 4.49. The molecule has 2 amide bonds. The minimum absolute atomic E-state index is 0.00726. The van der Waals surface area contributed by atoms with Crippen molar-refractivity contribution in [3.05, 3.63) is 46.9 Å². The molecule has 4 heterocycles. The van der Waals surface area contributed by atoms with Gasteiger partial charge < -0.3 is 19.5 Å². The first-order valence-corrected chi connectivity index (χ1v) is 9.54. The summed E-state index contributed by atoms with van der Waals surface area (Å²) in [5, 5.41) is 2.93. The van der Waals surface area contributed by atoms with Gasteiger partial charge in [0, 0.05) is 31.4 Å². The Balaban J connectivity index is 1.38. The zero-order valence-corrected chi connectivity index (χ0v) is 15.6. The minimum atomic E-state index is -0.647. The van der Waals surface area contributed by atoms with Gasteiger partial charge in [-0.2, -0.15) is 0 Å². The van der Waals surface area contributed by atoms with Crippen LogP contribution in [0.3, 0.4) is 0 Å². The van der Waals surface area contributed by atoms with Crippen LogP contribution in [0, 0.1) is 11.8 Å². The van der Waals surface area contributed by atoms with Gasteiger partial charge in [0.05, 0.1) is 24.5 Å². The summed E-state index contributed by atoms with van der Waals surface area (Å²) in [5.74, 6) is -1.05. The van der Waals surface area contributed by atoms with Crippen molar-refractivity contribution in [3.8, 4) is 0 Å². The number of nitrogens with one attached hydrogen (secondary N) is 1. The Bertz CT molecular complexity index is 846. The number of hydrogen-bond donors (Lipinski definition) is 1. The average Bonchev–Trinajstić information content (AvgIpc) is 3.28. The van der Waals surface area contributed by atoms with Crippen molar-refractivity contribution >= 4 is 11.8 Å². The maximum absolute atomic E-state index is 12.9. The van der Waals surface area contributed by atoms with Crippen molar-refractivity contribution in [3.63, 3.8) is 0 Å². The number of aromatic nitrogens is 1. The second kappa shape index (κ2) is 6.64. The van der Waals surface area contributed by atoms with Crippen molar-refractivity contribution in [1.29, 1.82) is 0 Å². The Morgan fingerprint density at radius 1 is 1.37 bits per heavy atom. The fraction of sp³-hybridized carbons (Fsp3) is 0.550. The lowest BCUT2D eigenvalue weighted by atomic mass is 9.77. The Hall–Kier alpha value is -2.41. The van der Waals surface area contributed by atoms with E-state index in [1.54, 1.807) is 21.7 Å². The number of pyridine rings is 1. The van der Waals surface area contributed by atoms with E-state index in [0.29, 0.717) is 26.1 Å². The van der Waals surface area contributed by atoms with E-state index in [2.05, 4.69) is 5.32 Å². The summed E-state index contributed by atoms with van der Waals surface area (Å²) in [4.78, 5) is 39.2. The molecule has 1 aromatic rings. The number of carbonyl (C=O) groups is 2. The third kappa shape index (κ3) is 2.90. The zero-order valence-electron chi connectivity index (χ0n) is 15.6. The summed E-state index contributed by atoms with van der Waals surface area (Å²) in [6.07, 6.45) is 5.94. The molecule has 2 saturated heterocycles. The number of amides is 2. The number of rotatable bonds is 6. The largest absolute Gasteiger partial charge is 0.360 e. The van der Waals surface area contributed by atoms with Crippen LogP contribution in [0.25, 0.3) is 0 Å². The fourth-order valence-electron chi connectivity index (χ4n) is 4.49. The van der Waals surface area contributed by atoms with Crippen molar-refractivity contribution in [2.45, 2.75) is 44.6 Å². The molecule has 0 aromatic carbocycles.